The molecule has 8 rings (SSSR count). The van der Waals surface area contributed by atoms with Gasteiger partial charge in [0.1, 0.15) is 22.8 Å². The summed E-state index contributed by atoms with van der Waals surface area (Å²) in [6.45, 7) is 16.1. The van der Waals surface area contributed by atoms with Crippen LogP contribution < -0.4 is 14.8 Å². The number of aliphatic hydroxyl groups is 1. The average molecular weight is 710 g/mol. The molecule has 6 aliphatic rings. The minimum absolute atomic E-state index is 0.00371. The van der Waals surface area contributed by atoms with Crippen LogP contribution in [0.5, 0.6) is 17.2 Å². The second-order valence-electron chi connectivity index (χ2n) is 16.2. The molecule has 1 spiro atoms. The number of hydrogen-bond donors (Lipinski definition) is 3. The van der Waals surface area contributed by atoms with E-state index in [0.717, 1.165) is 24.0 Å². The topological polar surface area (TPSA) is 132 Å². The lowest BCUT2D eigenvalue weighted by Crippen LogP contribution is -2.78. The van der Waals surface area contributed by atoms with E-state index in [1.807, 2.05) is 43.7 Å². The van der Waals surface area contributed by atoms with Crippen molar-refractivity contribution < 1.29 is 34.0 Å². The maximum absolute atomic E-state index is 14.9. The van der Waals surface area contributed by atoms with Crippen LogP contribution >= 0.6 is 0 Å². The number of anilines is 1. The number of carbonyl (C=O) groups is 2. The number of ether oxygens (including phenoxy) is 3. The number of rotatable bonds is 9. The number of aromatic nitrogens is 2. The summed E-state index contributed by atoms with van der Waals surface area (Å²) < 4.78 is 21.3. The van der Waals surface area contributed by atoms with Crippen LogP contribution in [-0.2, 0) is 20.7 Å². The van der Waals surface area contributed by atoms with Gasteiger partial charge in [0.25, 0.3) is 0 Å². The molecule has 0 saturated heterocycles. The number of Topliss-reactive ketones (excluding diaryl/α,β-unsaturated/α-hetero) is 1. The number of imidazole rings is 1. The second-order valence-corrected chi connectivity index (χ2v) is 16.2. The van der Waals surface area contributed by atoms with Gasteiger partial charge in [-0.2, -0.15) is 0 Å². The molecule has 0 amide bonds. The van der Waals surface area contributed by atoms with E-state index in [2.05, 4.69) is 50.1 Å². The Kier molecular flexibility index (Phi) is 8.63. The number of aromatic hydroxyl groups is 1. The molecular weight excluding hydrogens is 658 g/mol. The molecule has 6 unspecified atom stereocenters. The van der Waals surface area contributed by atoms with Gasteiger partial charge in [0, 0.05) is 47.4 Å². The summed E-state index contributed by atoms with van der Waals surface area (Å²) in [7, 11) is 1.31. The number of phenols is 1. The maximum Gasteiger partial charge on any atom is 0.333 e. The third kappa shape index (κ3) is 5.11. The molecule has 1 aromatic heterocycles. The first-order valence-electron chi connectivity index (χ1n) is 18.4. The minimum atomic E-state index is -2.06. The van der Waals surface area contributed by atoms with Gasteiger partial charge in [-0.3, -0.25) is 4.79 Å². The fourth-order valence-corrected chi connectivity index (χ4v) is 9.23. The van der Waals surface area contributed by atoms with E-state index in [1.165, 1.54) is 12.7 Å². The SMILES string of the molecule is COC(=O)/C(C)=C\CC1(O)C(=O)C2CC(C(C)C)C13Oc1c(CC=C(C)C)c4c(c(O)c1C1=C3C2n2ccnc2N1)C=CC(C)(CCC=C(C)C)O4. The number of ketones is 1. The Bertz CT molecular complexity index is 2020. The molecule has 0 radical (unpaired) electrons. The quantitative estimate of drug-likeness (QED) is 0.137. The van der Waals surface area contributed by atoms with E-state index < -0.39 is 34.7 Å². The van der Waals surface area contributed by atoms with E-state index in [0.29, 0.717) is 52.7 Å². The monoisotopic (exact) mass is 709 g/mol. The molecule has 3 N–H and O–H groups in total. The molecular formula is C42H51N3O7. The number of carbonyl (C=O) groups excluding carboxylic acids is 2. The highest BCUT2D eigenvalue weighted by Gasteiger charge is 2.76. The van der Waals surface area contributed by atoms with Crippen molar-refractivity contribution in [3.05, 3.63) is 75.7 Å². The van der Waals surface area contributed by atoms with Gasteiger partial charge in [-0.05, 0) is 85.3 Å². The average Bonchev–Trinajstić information content (AvgIpc) is 3.57. The Labute approximate surface area is 305 Å². The fraction of sp³-hybridized carbons (Fsp3) is 0.500. The van der Waals surface area contributed by atoms with Crippen LogP contribution in [-0.4, -0.2) is 55.4 Å². The summed E-state index contributed by atoms with van der Waals surface area (Å²) in [6, 6.07) is -0.503. The van der Waals surface area contributed by atoms with Crippen LogP contribution in [0, 0.1) is 17.8 Å². The van der Waals surface area contributed by atoms with Crippen molar-refractivity contribution in [2.45, 2.75) is 110 Å². The molecule has 4 heterocycles. The van der Waals surface area contributed by atoms with Crippen LogP contribution in [0.1, 0.15) is 104 Å². The molecule has 10 nitrogen and oxygen atoms in total. The third-order valence-electron chi connectivity index (χ3n) is 11.8. The fourth-order valence-electron chi connectivity index (χ4n) is 9.23. The molecule has 2 aromatic rings. The first kappa shape index (κ1) is 35.8. The van der Waals surface area contributed by atoms with Crippen molar-refractivity contribution in [2.24, 2.45) is 17.8 Å². The Balaban J connectivity index is 1.53. The zero-order valence-corrected chi connectivity index (χ0v) is 31.7. The normalized spacial score (nSPS) is 29.2. The van der Waals surface area contributed by atoms with Gasteiger partial charge in [-0.15, -0.1) is 0 Å². The molecule has 3 aliphatic heterocycles. The van der Waals surface area contributed by atoms with Crippen molar-refractivity contribution in [3.63, 3.8) is 0 Å². The van der Waals surface area contributed by atoms with E-state index in [4.69, 9.17) is 14.2 Å². The minimum Gasteiger partial charge on any atom is -0.506 e. The van der Waals surface area contributed by atoms with Gasteiger partial charge in [-0.25, -0.2) is 9.78 Å². The van der Waals surface area contributed by atoms with Crippen molar-refractivity contribution in [3.8, 4) is 17.2 Å². The predicted molar refractivity (Wildman–Crippen MR) is 200 cm³/mol. The van der Waals surface area contributed by atoms with Crippen molar-refractivity contribution in [1.29, 1.82) is 0 Å². The Morgan fingerprint density at radius 1 is 1.13 bits per heavy atom. The third-order valence-corrected chi connectivity index (χ3v) is 11.8. The lowest BCUT2D eigenvalue weighted by molar-refractivity contribution is -0.210. The van der Waals surface area contributed by atoms with Gasteiger partial charge in [0.2, 0.25) is 5.95 Å². The standard InChI is InChI=1S/C42H51N3O7/c1-22(2)11-10-16-40(8)17-15-26-34(46)30-32-31-33(45-20-19-43-39(45)44-32)28-21-29(24(5)6)42(31,41(49,37(28)47)18-14-25(7)38(48)50-9)52-36(30)27(35(26)51-40)13-12-23(3)4/h11-12,14-15,17,19-20,24,28-29,33,46,49H,10,13,16,18,21H2,1-9H3,(H,43,44)/b25-14-. The van der Waals surface area contributed by atoms with Crippen LogP contribution in [0.2, 0.25) is 0 Å². The number of nitrogens with one attached hydrogen (secondary N) is 1. The highest BCUT2D eigenvalue weighted by Crippen LogP contribution is 2.69. The van der Waals surface area contributed by atoms with E-state index in [1.54, 1.807) is 19.2 Å². The smallest absolute Gasteiger partial charge is 0.333 e. The number of methoxy groups -OCH3 is 1. The summed E-state index contributed by atoms with van der Waals surface area (Å²) in [6.07, 6.45) is 15.7. The van der Waals surface area contributed by atoms with Crippen molar-refractivity contribution in [2.75, 3.05) is 12.4 Å². The lowest BCUT2D eigenvalue weighted by atomic mass is 9.46. The number of benzene rings is 1. The summed E-state index contributed by atoms with van der Waals surface area (Å²) in [5.74, 6) is -0.379. The van der Waals surface area contributed by atoms with Crippen LogP contribution in [0.15, 0.2) is 59.0 Å². The van der Waals surface area contributed by atoms with Gasteiger partial charge in [-0.1, -0.05) is 43.2 Å². The van der Waals surface area contributed by atoms with E-state index >= 15 is 0 Å². The number of esters is 1. The van der Waals surface area contributed by atoms with Gasteiger partial charge < -0.3 is 34.3 Å². The highest BCUT2D eigenvalue weighted by molar-refractivity contribution is 6.02. The zero-order valence-electron chi connectivity index (χ0n) is 31.7. The first-order valence-corrected chi connectivity index (χ1v) is 18.4. The van der Waals surface area contributed by atoms with Gasteiger partial charge >= 0.3 is 5.97 Å². The molecule has 52 heavy (non-hydrogen) atoms. The van der Waals surface area contributed by atoms with Gasteiger partial charge in [0.05, 0.1) is 30.0 Å². The van der Waals surface area contributed by atoms with E-state index in [-0.39, 0.29) is 35.4 Å². The molecule has 3 fully saturated rings. The number of allylic oxidation sites excluding steroid dienone is 4. The lowest BCUT2D eigenvalue weighted by Gasteiger charge is -2.66. The van der Waals surface area contributed by atoms with Crippen LogP contribution in [0.3, 0.4) is 0 Å². The molecule has 2 bridgehead atoms. The molecule has 276 valence electrons. The van der Waals surface area contributed by atoms with Crippen molar-refractivity contribution in [1.82, 2.24) is 9.55 Å². The molecule has 10 heteroatoms. The Hall–Kier alpha value is -4.57. The number of nitrogens with zero attached hydrogens (tertiary/aromatic N) is 2. The molecule has 6 atom stereocenters. The maximum atomic E-state index is 14.9. The summed E-state index contributed by atoms with van der Waals surface area (Å²) in [4.78, 5) is 32.1. The summed E-state index contributed by atoms with van der Waals surface area (Å²) in [5, 5.41) is 29.1. The van der Waals surface area contributed by atoms with Crippen LogP contribution in [0.4, 0.5) is 5.95 Å². The van der Waals surface area contributed by atoms with E-state index in [9.17, 15) is 19.8 Å². The second kappa shape index (κ2) is 12.5. The largest absolute Gasteiger partial charge is 0.506 e. The summed E-state index contributed by atoms with van der Waals surface area (Å²) in [5.41, 5.74) is 1.35. The number of hydrogen-bond acceptors (Lipinski definition) is 9. The van der Waals surface area contributed by atoms with Crippen molar-refractivity contribution >= 4 is 29.5 Å². The number of phenolic OH excluding ortho intramolecular Hbond substituents is 1. The zero-order chi connectivity index (χ0) is 37.5. The highest BCUT2D eigenvalue weighted by atomic mass is 16.5. The number of fused-ring (bicyclic) bond motifs is 6. The molecule has 3 aliphatic carbocycles. The Morgan fingerprint density at radius 2 is 1.87 bits per heavy atom. The van der Waals surface area contributed by atoms with Gasteiger partial charge in [0.15, 0.2) is 17.0 Å². The summed E-state index contributed by atoms with van der Waals surface area (Å²) >= 11 is 0. The van der Waals surface area contributed by atoms with Crippen LogP contribution in [0.25, 0.3) is 11.8 Å². The Morgan fingerprint density at radius 3 is 2.54 bits per heavy atom. The molecule has 3 saturated carbocycles. The predicted octanol–water partition coefficient (Wildman–Crippen LogP) is 7.63. The first-order chi connectivity index (χ1) is 24.6. The molecule has 1 aromatic carbocycles.